The molecule has 0 saturated heterocycles. The summed E-state index contributed by atoms with van der Waals surface area (Å²) in [5, 5.41) is 7.15. The van der Waals surface area contributed by atoms with Crippen molar-refractivity contribution in [1.29, 1.82) is 0 Å². The summed E-state index contributed by atoms with van der Waals surface area (Å²) < 4.78 is 29.0. The van der Waals surface area contributed by atoms with Crippen LogP contribution in [-0.2, 0) is 16.6 Å². The van der Waals surface area contributed by atoms with E-state index in [0.29, 0.717) is 6.54 Å². The molecule has 116 valence electrons. The number of aromatic nitrogens is 2. The second kappa shape index (κ2) is 7.19. The van der Waals surface area contributed by atoms with Crippen molar-refractivity contribution < 1.29 is 8.42 Å². The van der Waals surface area contributed by atoms with Gasteiger partial charge in [-0.25, -0.2) is 13.1 Å². The van der Waals surface area contributed by atoms with Crippen molar-refractivity contribution in [2.75, 3.05) is 13.6 Å². The second-order valence-corrected chi connectivity index (χ2v) is 7.32. The summed E-state index contributed by atoms with van der Waals surface area (Å²) in [6.45, 7) is 7.41. The van der Waals surface area contributed by atoms with Gasteiger partial charge in [-0.05, 0) is 40.3 Å². The van der Waals surface area contributed by atoms with E-state index < -0.39 is 15.6 Å². The molecule has 0 atom stereocenters. The molecule has 7 heteroatoms. The van der Waals surface area contributed by atoms with Gasteiger partial charge in [-0.2, -0.15) is 5.10 Å². The molecule has 0 aliphatic heterocycles. The average molecular weight is 302 g/mol. The zero-order valence-electron chi connectivity index (χ0n) is 12.8. The predicted molar refractivity (Wildman–Crippen MR) is 80.1 cm³/mol. The van der Waals surface area contributed by atoms with Gasteiger partial charge in [-0.1, -0.05) is 13.3 Å². The highest BCUT2D eigenvalue weighted by Crippen LogP contribution is 2.16. The Bertz CT molecular complexity index is 508. The molecule has 1 heterocycles. The van der Waals surface area contributed by atoms with E-state index >= 15 is 0 Å². The average Bonchev–Trinajstić information content (AvgIpc) is 2.77. The van der Waals surface area contributed by atoms with E-state index in [9.17, 15) is 8.42 Å². The molecule has 0 saturated carbocycles. The molecule has 1 rings (SSSR count). The van der Waals surface area contributed by atoms with Crippen molar-refractivity contribution in [3.05, 3.63) is 12.4 Å². The minimum Gasteiger partial charge on any atom is -0.320 e. The predicted octanol–water partition coefficient (Wildman–Crippen LogP) is 1.35. The first-order valence-corrected chi connectivity index (χ1v) is 8.50. The van der Waals surface area contributed by atoms with Crippen molar-refractivity contribution in [1.82, 2.24) is 19.8 Å². The molecule has 0 aliphatic rings. The molecule has 0 radical (unpaired) electrons. The van der Waals surface area contributed by atoms with Crippen LogP contribution in [0.3, 0.4) is 0 Å². The largest absolute Gasteiger partial charge is 0.320 e. The van der Waals surface area contributed by atoms with E-state index in [1.807, 2.05) is 27.8 Å². The van der Waals surface area contributed by atoms with E-state index in [4.69, 9.17) is 0 Å². The van der Waals surface area contributed by atoms with Crippen molar-refractivity contribution in [2.24, 2.45) is 0 Å². The molecule has 20 heavy (non-hydrogen) atoms. The highest BCUT2D eigenvalue weighted by atomic mass is 32.2. The van der Waals surface area contributed by atoms with Gasteiger partial charge in [-0.3, -0.25) is 4.68 Å². The Kier molecular flexibility index (Phi) is 6.16. The highest BCUT2D eigenvalue weighted by molar-refractivity contribution is 7.89. The molecule has 6 nitrogen and oxygen atoms in total. The van der Waals surface area contributed by atoms with Crippen molar-refractivity contribution >= 4 is 10.0 Å². The Balaban J connectivity index is 2.73. The number of nitrogens with one attached hydrogen (secondary N) is 2. The number of nitrogens with zero attached hydrogens (tertiary/aromatic N) is 2. The maximum atomic E-state index is 12.3. The fourth-order valence-corrected chi connectivity index (χ4v) is 3.52. The van der Waals surface area contributed by atoms with Crippen LogP contribution in [0.2, 0.25) is 0 Å². The monoisotopic (exact) mass is 302 g/mol. The Morgan fingerprint density at radius 1 is 1.40 bits per heavy atom. The lowest BCUT2D eigenvalue weighted by Gasteiger charge is -2.24. The number of sulfonamides is 1. The van der Waals surface area contributed by atoms with Crippen LogP contribution in [0.25, 0.3) is 0 Å². The topological polar surface area (TPSA) is 76.0 Å². The van der Waals surface area contributed by atoms with Crippen LogP contribution in [0.1, 0.15) is 40.0 Å². The Hall–Kier alpha value is -0.920. The van der Waals surface area contributed by atoms with Crippen LogP contribution >= 0.6 is 0 Å². The molecule has 0 unspecified atom stereocenters. The van der Waals surface area contributed by atoms with E-state index in [-0.39, 0.29) is 4.90 Å². The third-order valence-electron chi connectivity index (χ3n) is 3.02. The summed E-state index contributed by atoms with van der Waals surface area (Å²) in [5.74, 6) is 0. The van der Waals surface area contributed by atoms with Crippen LogP contribution in [0.4, 0.5) is 0 Å². The molecule has 1 aromatic heterocycles. The third kappa shape index (κ3) is 5.22. The lowest BCUT2D eigenvalue weighted by atomic mass is 10.0. The quantitative estimate of drug-likeness (QED) is 0.675. The third-order valence-corrected chi connectivity index (χ3v) is 4.67. The molecule has 0 aliphatic carbocycles. The summed E-state index contributed by atoms with van der Waals surface area (Å²) in [7, 11) is -1.61. The Morgan fingerprint density at radius 2 is 2.10 bits per heavy atom. The molecule has 0 spiro atoms. The molecular weight excluding hydrogens is 276 g/mol. The standard InChI is InChI=1S/C13H26N4O2S/c1-5-7-13(2,3)16-20(18,19)12-10-15-17(11-12)9-6-8-14-4/h10-11,14,16H,5-9H2,1-4H3. The van der Waals surface area contributed by atoms with Crippen LogP contribution in [0, 0.1) is 0 Å². The summed E-state index contributed by atoms with van der Waals surface area (Å²) in [4.78, 5) is 0.228. The summed E-state index contributed by atoms with van der Waals surface area (Å²) in [6.07, 6.45) is 5.62. The first kappa shape index (κ1) is 17.1. The van der Waals surface area contributed by atoms with Gasteiger partial charge >= 0.3 is 0 Å². The van der Waals surface area contributed by atoms with Crippen LogP contribution in [-0.4, -0.2) is 37.3 Å². The molecule has 0 fully saturated rings. The molecule has 1 aromatic rings. The summed E-state index contributed by atoms with van der Waals surface area (Å²) in [5.41, 5.74) is -0.443. The van der Waals surface area contributed by atoms with Gasteiger partial charge in [0, 0.05) is 18.3 Å². The van der Waals surface area contributed by atoms with Gasteiger partial charge in [0.05, 0.1) is 6.20 Å². The zero-order chi connectivity index (χ0) is 15.2. The number of hydrogen-bond donors (Lipinski definition) is 2. The van der Waals surface area contributed by atoms with Crippen LogP contribution in [0.5, 0.6) is 0 Å². The van der Waals surface area contributed by atoms with Gasteiger partial charge in [0.2, 0.25) is 10.0 Å². The van der Waals surface area contributed by atoms with Gasteiger partial charge in [-0.15, -0.1) is 0 Å². The van der Waals surface area contributed by atoms with Gasteiger partial charge in [0.1, 0.15) is 4.90 Å². The minimum atomic E-state index is -3.50. The number of aryl methyl sites for hydroxylation is 1. The summed E-state index contributed by atoms with van der Waals surface area (Å²) >= 11 is 0. The van der Waals surface area contributed by atoms with E-state index in [0.717, 1.165) is 25.8 Å². The van der Waals surface area contributed by atoms with E-state index in [2.05, 4.69) is 15.1 Å². The SMILES string of the molecule is CCCC(C)(C)NS(=O)(=O)c1cnn(CCCNC)c1. The highest BCUT2D eigenvalue weighted by Gasteiger charge is 2.26. The first-order valence-electron chi connectivity index (χ1n) is 7.02. The van der Waals surface area contributed by atoms with Crippen LogP contribution < -0.4 is 10.0 Å². The lowest BCUT2D eigenvalue weighted by molar-refractivity contribution is 0.417. The van der Waals surface area contributed by atoms with Gasteiger partial charge in [0.15, 0.2) is 0 Å². The lowest BCUT2D eigenvalue weighted by Crippen LogP contribution is -2.43. The molecule has 0 amide bonds. The van der Waals surface area contributed by atoms with Crippen LogP contribution in [0.15, 0.2) is 17.3 Å². The molecule has 2 N–H and O–H groups in total. The fraction of sp³-hybridized carbons (Fsp3) is 0.769. The second-order valence-electron chi connectivity index (χ2n) is 5.64. The zero-order valence-corrected chi connectivity index (χ0v) is 13.6. The van der Waals surface area contributed by atoms with Crippen molar-refractivity contribution in [2.45, 2.75) is 57.0 Å². The number of hydrogen-bond acceptors (Lipinski definition) is 4. The smallest absolute Gasteiger partial charge is 0.244 e. The van der Waals surface area contributed by atoms with Gasteiger partial charge in [0.25, 0.3) is 0 Å². The molecule has 0 bridgehead atoms. The van der Waals surface area contributed by atoms with Gasteiger partial charge < -0.3 is 5.32 Å². The maximum Gasteiger partial charge on any atom is 0.244 e. The first-order chi connectivity index (χ1) is 9.30. The Labute approximate surface area is 122 Å². The molecule has 0 aromatic carbocycles. The minimum absolute atomic E-state index is 0.228. The summed E-state index contributed by atoms with van der Waals surface area (Å²) in [6, 6.07) is 0. The normalized spacial score (nSPS) is 12.8. The Morgan fingerprint density at radius 3 is 2.70 bits per heavy atom. The van der Waals surface area contributed by atoms with Crippen molar-refractivity contribution in [3.63, 3.8) is 0 Å². The maximum absolute atomic E-state index is 12.3. The molecular formula is C13H26N4O2S. The van der Waals surface area contributed by atoms with E-state index in [1.54, 1.807) is 10.9 Å². The fourth-order valence-electron chi connectivity index (χ4n) is 2.12. The van der Waals surface area contributed by atoms with Crippen molar-refractivity contribution in [3.8, 4) is 0 Å². The van der Waals surface area contributed by atoms with E-state index in [1.165, 1.54) is 6.20 Å². The number of rotatable bonds is 9.